The van der Waals surface area contributed by atoms with Crippen LogP contribution >= 0.6 is 11.6 Å². The minimum absolute atomic E-state index is 0.0143. The molecular weight excluding hydrogens is 436 g/mol. The van der Waals surface area contributed by atoms with Crippen LogP contribution in [0.1, 0.15) is 34.3 Å². The number of carboxylic acid groups (broad SMARTS) is 1. The van der Waals surface area contributed by atoms with Gasteiger partial charge in [-0.2, -0.15) is 0 Å². The second-order valence-electron chi connectivity index (χ2n) is 7.79. The van der Waals surface area contributed by atoms with Gasteiger partial charge in [-0.05, 0) is 37.5 Å². The Morgan fingerprint density at radius 1 is 1.16 bits per heavy atom. The Morgan fingerprint density at radius 2 is 1.84 bits per heavy atom. The van der Waals surface area contributed by atoms with E-state index < -0.39 is 34.9 Å². The number of carbonyl (C=O) groups is 3. The van der Waals surface area contributed by atoms with Crippen molar-refractivity contribution in [3.8, 4) is 5.75 Å². The number of aromatic hydroxyl groups is 1. The van der Waals surface area contributed by atoms with Gasteiger partial charge in [0.1, 0.15) is 11.8 Å². The van der Waals surface area contributed by atoms with Crippen molar-refractivity contribution in [3.05, 3.63) is 65.2 Å². The van der Waals surface area contributed by atoms with Crippen molar-refractivity contribution in [2.24, 2.45) is 0 Å². The van der Waals surface area contributed by atoms with Crippen LogP contribution in [0.3, 0.4) is 0 Å². The minimum atomic E-state index is -2.70. The van der Waals surface area contributed by atoms with E-state index in [0.29, 0.717) is 18.4 Å². The van der Waals surface area contributed by atoms with E-state index in [0.717, 1.165) is 10.5 Å². The Morgan fingerprint density at radius 3 is 2.50 bits per heavy atom. The molecule has 1 saturated heterocycles. The summed E-state index contributed by atoms with van der Waals surface area (Å²) in [6, 6.07) is 12.4. The third-order valence-electron chi connectivity index (χ3n) is 5.72. The molecule has 1 aliphatic heterocycles. The number of phenolic OH excluding ortho intramolecular Hbond substituents is 1. The van der Waals surface area contributed by atoms with Crippen molar-refractivity contribution >= 4 is 29.4 Å². The fourth-order valence-electron chi connectivity index (χ4n) is 3.88. The Hall–Kier alpha value is -3.10. The van der Waals surface area contributed by atoms with Crippen LogP contribution in [0, 0.1) is 6.92 Å². The fraction of sp³-hybridized carbons (Fsp3) is 0.348. The number of hydrogen-bond acceptors (Lipinski definition) is 5. The SMILES string of the molecule is Cc1c(O)cccc1C(=O)NC1C(Cl)CN(C(=O)CCCc2ccccc2)[C@]1(O)C(=O)O. The lowest BCUT2D eigenvalue weighted by Gasteiger charge is -2.34. The molecule has 8 nitrogen and oxygen atoms in total. The number of aliphatic hydroxyl groups is 1. The van der Waals surface area contributed by atoms with Crippen LogP contribution in [0.5, 0.6) is 5.75 Å². The van der Waals surface area contributed by atoms with Crippen LogP contribution in [0.25, 0.3) is 0 Å². The predicted molar refractivity (Wildman–Crippen MR) is 117 cm³/mol. The average molecular weight is 461 g/mol. The number of alkyl halides is 1. The molecular formula is C23H25ClN2O6. The first-order valence-electron chi connectivity index (χ1n) is 10.2. The zero-order valence-electron chi connectivity index (χ0n) is 17.5. The summed E-state index contributed by atoms with van der Waals surface area (Å²) in [6.07, 6.45) is 1.09. The number of benzene rings is 2. The van der Waals surface area contributed by atoms with E-state index in [1.807, 2.05) is 30.3 Å². The van der Waals surface area contributed by atoms with Gasteiger partial charge in [-0.15, -0.1) is 11.6 Å². The molecule has 2 aromatic carbocycles. The Balaban J connectivity index is 1.75. The number of hydrogen-bond donors (Lipinski definition) is 4. The lowest BCUT2D eigenvalue weighted by molar-refractivity contribution is -0.185. The molecule has 2 unspecified atom stereocenters. The van der Waals surface area contributed by atoms with Crippen LogP contribution in [-0.2, 0) is 16.0 Å². The summed E-state index contributed by atoms with van der Waals surface area (Å²) in [6.45, 7) is 1.29. The van der Waals surface area contributed by atoms with E-state index in [1.54, 1.807) is 0 Å². The molecule has 0 spiro atoms. The summed E-state index contributed by atoms with van der Waals surface area (Å²) in [5.74, 6) is -3.07. The predicted octanol–water partition coefficient (Wildman–Crippen LogP) is 2.04. The molecule has 2 amide bonds. The van der Waals surface area contributed by atoms with Crippen molar-refractivity contribution in [1.29, 1.82) is 0 Å². The highest BCUT2D eigenvalue weighted by Gasteiger charge is 2.60. The molecule has 1 fully saturated rings. The maximum Gasteiger partial charge on any atom is 0.359 e. The van der Waals surface area contributed by atoms with Crippen LogP contribution in [0.4, 0.5) is 0 Å². The molecule has 170 valence electrons. The zero-order valence-corrected chi connectivity index (χ0v) is 18.2. The van der Waals surface area contributed by atoms with E-state index in [2.05, 4.69) is 5.32 Å². The number of nitrogens with zero attached hydrogens (tertiary/aromatic N) is 1. The summed E-state index contributed by atoms with van der Waals surface area (Å²) >= 11 is 6.30. The number of phenols is 1. The average Bonchev–Trinajstić information content (AvgIpc) is 3.02. The zero-order chi connectivity index (χ0) is 23.5. The number of carboxylic acids is 1. The van der Waals surface area contributed by atoms with Crippen molar-refractivity contribution in [2.75, 3.05) is 6.54 Å². The highest BCUT2D eigenvalue weighted by molar-refractivity contribution is 6.22. The number of aryl methyl sites for hydroxylation is 1. The van der Waals surface area contributed by atoms with Gasteiger partial charge >= 0.3 is 5.97 Å². The molecule has 0 saturated carbocycles. The lowest BCUT2D eigenvalue weighted by Crippen LogP contribution is -2.63. The summed E-state index contributed by atoms with van der Waals surface area (Å²) < 4.78 is 0. The van der Waals surface area contributed by atoms with Crippen molar-refractivity contribution in [3.63, 3.8) is 0 Å². The van der Waals surface area contributed by atoms with Crippen LogP contribution in [0.15, 0.2) is 48.5 Å². The summed E-state index contributed by atoms with van der Waals surface area (Å²) in [7, 11) is 0. The molecule has 0 radical (unpaired) electrons. The highest BCUT2D eigenvalue weighted by Crippen LogP contribution is 2.33. The highest BCUT2D eigenvalue weighted by atomic mass is 35.5. The molecule has 3 atom stereocenters. The van der Waals surface area contributed by atoms with Crippen molar-refractivity contribution in [2.45, 2.75) is 43.3 Å². The summed E-state index contributed by atoms with van der Waals surface area (Å²) in [5.41, 5.74) is -1.26. The Labute approximate surface area is 190 Å². The van der Waals surface area contributed by atoms with Gasteiger partial charge in [0.2, 0.25) is 5.91 Å². The number of carbonyl (C=O) groups excluding carboxylic acids is 2. The third kappa shape index (κ3) is 4.56. The largest absolute Gasteiger partial charge is 0.508 e. The number of amides is 2. The number of rotatable bonds is 7. The molecule has 4 N–H and O–H groups in total. The number of nitrogens with one attached hydrogen (secondary N) is 1. The van der Waals surface area contributed by atoms with Gasteiger partial charge in [0.05, 0.1) is 5.38 Å². The van der Waals surface area contributed by atoms with Gasteiger partial charge in [-0.25, -0.2) is 4.79 Å². The Kier molecular flexibility index (Phi) is 7.06. The molecule has 0 aliphatic carbocycles. The van der Waals surface area contributed by atoms with Crippen molar-refractivity contribution < 1.29 is 29.7 Å². The maximum atomic E-state index is 12.8. The fourth-order valence-corrected chi connectivity index (χ4v) is 4.26. The summed E-state index contributed by atoms with van der Waals surface area (Å²) in [5, 5.41) is 32.0. The first-order valence-corrected chi connectivity index (χ1v) is 10.6. The molecule has 9 heteroatoms. The molecule has 0 bridgehead atoms. The third-order valence-corrected chi connectivity index (χ3v) is 6.11. The standard InChI is InChI=1S/C23H25ClN2O6/c1-14-16(10-6-11-18(14)27)21(29)25-20-17(24)13-26(23(20,32)22(30)31)19(28)12-5-9-15-7-3-2-4-8-15/h2-4,6-8,10-11,17,20,27,32H,5,9,12-13H2,1H3,(H,25,29)(H,30,31)/t17?,20?,23-/m1/s1. The molecule has 1 aliphatic rings. The molecule has 2 aromatic rings. The van der Waals surface area contributed by atoms with Crippen LogP contribution in [-0.4, -0.2) is 61.7 Å². The van der Waals surface area contributed by atoms with E-state index in [4.69, 9.17) is 11.6 Å². The monoisotopic (exact) mass is 460 g/mol. The molecule has 3 rings (SSSR count). The van der Waals surface area contributed by atoms with Gasteiger partial charge in [-0.3, -0.25) is 9.59 Å². The van der Waals surface area contributed by atoms with Crippen molar-refractivity contribution in [1.82, 2.24) is 10.2 Å². The quantitative estimate of drug-likeness (QED) is 0.468. The van der Waals surface area contributed by atoms with E-state index in [9.17, 15) is 29.7 Å². The first-order chi connectivity index (χ1) is 15.2. The normalized spacial score (nSPS) is 22.5. The smallest absolute Gasteiger partial charge is 0.359 e. The summed E-state index contributed by atoms with van der Waals surface area (Å²) in [4.78, 5) is 38.4. The van der Waals surface area contributed by atoms with Crippen LogP contribution in [0.2, 0.25) is 0 Å². The second kappa shape index (κ2) is 9.58. The molecule has 32 heavy (non-hydrogen) atoms. The van der Waals surface area contributed by atoms with Gasteiger partial charge in [0.15, 0.2) is 0 Å². The molecule has 1 heterocycles. The Bertz CT molecular complexity index is 1010. The number of likely N-dealkylation sites (tertiary alicyclic amines) is 1. The van der Waals surface area contributed by atoms with Crippen LogP contribution < -0.4 is 5.32 Å². The minimum Gasteiger partial charge on any atom is -0.508 e. The number of halogens is 1. The lowest BCUT2D eigenvalue weighted by atomic mass is 10.0. The van der Waals surface area contributed by atoms with E-state index >= 15 is 0 Å². The second-order valence-corrected chi connectivity index (χ2v) is 8.35. The van der Waals surface area contributed by atoms with Gasteiger partial charge in [0.25, 0.3) is 11.6 Å². The van der Waals surface area contributed by atoms with Gasteiger partial charge in [0, 0.05) is 24.1 Å². The van der Waals surface area contributed by atoms with E-state index in [-0.39, 0.29) is 24.3 Å². The van der Waals surface area contributed by atoms with Gasteiger partial charge in [-0.1, -0.05) is 36.4 Å². The first kappa shape index (κ1) is 23.6. The number of aliphatic carboxylic acids is 1. The van der Waals surface area contributed by atoms with Gasteiger partial charge < -0.3 is 25.5 Å². The molecule has 0 aromatic heterocycles. The van der Waals surface area contributed by atoms with E-state index in [1.165, 1.54) is 25.1 Å². The topological polar surface area (TPSA) is 127 Å². The maximum absolute atomic E-state index is 12.8.